The zero-order chi connectivity index (χ0) is 17.7. The van der Waals surface area contributed by atoms with Crippen molar-refractivity contribution in [3.05, 3.63) is 23.9 Å². The van der Waals surface area contributed by atoms with E-state index in [1.807, 2.05) is 12.1 Å². The quantitative estimate of drug-likeness (QED) is 0.850. The predicted molar refractivity (Wildman–Crippen MR) is 96.4 cm³/mol. The molecule has 1 atom stereocenters. The van der Waals surface area contributed by atoms with Gasteiger partial charge in [-0.2, -0.15) is 0 Å². The molecule has 2 heterocycles. The summed E-state index contributed by atoms with van der Waals surface area (Å²) in [6.07, 6.45) is 0.763. The molecule has 0 saturated carbocycles. The lowest BCUT2D eigenvalue weighted by molar-refractivity contribution is 0.0822. The third kappa shape index (κ3) is 4.68. The Bertz CT molecular complexity index is 548. The van der Waals surface area contributed by atoms with Crippen LogP contribution in [0.1, 0.15) is 30.8 Å². The zero-order valence-corrected chi connectivity index (χ0v) is 15.3. The Balaban J connectivity index is 2.12. The second kappa shape index (κ2) is 8.44. The summed E-state index contributed by atoms with van der Waals surface area (Å²) in [6.45, 7) is 8.36. The summed E-state index contributed by atoms with van der Waals surface area (Å²) >= 11 is 0. The van der Waals surface area contributed by atoms with E-state index >= 15 is 0 Å². The highest BCUT2D eigenvalue weighted by atomic mass is 16.3. The number of aliphatic hydroxyl groups excluding tert-OH is 1. The molecule has 0 aliphatic carbocycles. The van der Waals surface area contributed by atoms with Crippen LogP contribution in [-0.2, 0) is 0 Å². The van der Waals surface area contributed by atoms with E-state index in [9.17, 15) is 9.90 Å². The zero-order valence-electron chi connectivity index (χ0n) is 15.3. The summed E-state index contributed by atoms with van der Waals surface area (Å²) in [5, 5.41) is 9.39. The molecule has 0 radical (unpaired) electrons. The number of hydrogen-bond acceptors (Lipinski definition) is 5. The molecular formula is C18H30N4O2. The van der Waals surface area contributed by atoms with Gasteiger partial charge in [0.2, 0.25) is 0 Å². The number of rotatable bonds is 6. The van der Waals surface area contributed by atoms with Gasteiger partial charge in [0, 0.05) is 52.9 Å². The topological polar surface area (TPSA) is 59.9 Å². The minimum Gasteiger partial charge on any atom is -0.396 e. The lowest BCUT2D eigenvalue weighted by Gasteiger charge is -2.42. The van der Waals surface area contributed by atoms with E-state index in [1.165, 1.54) is 0 Å². The minimum absolute atomic E-state index is 0.0813. The van der Waals surface area contributed by atoms with E-state index in [1.54, 1.807) is 25.1 Å². The van der Waals surface area contributed by atoms with Gasteiger partial charge in [-0.1, -0.05) is 19.9 Å². The lowest BCUT2D eigenvalue weighted by Crippen LogP contribution is -2.54. The van der Waals surface area contributed by atoms with Crippen LogP contribution in [0.15, 0.2) is 18.2 Å². The number of carbonyl (C=O) groups is 1. The van der Waals surface area contributed by atoms with Crippen molar-refractivity contribution in [3.8, 4) is 0 Å². The fourth-order valence-electron chi connectivity index (χ4n) is 3.18. The van der Waals surface area contributed by atoms with E-state index < -0.39 is 0 Å². The lowest BCUT2D eigenvalue weighted by atomic mass is 10.1. The summed E-state index contributed by atoms with van der Waals surface area (Å²) < 4.78 is 0. The molecule has 6 nitrogen and oxygen atoms in total. The van der Waals surface area contributed by atoms with E-state index in [0.717, 1.165) is 38.4 Å². The van der Waals surface area contributed by atoms with Gasteiger partial charge in [0.05, 0.1) is 0 Å². The standard InChI is InChI=1S/C18H30N4O2/c1-14(2)12-21-9-10-22(13-15(21)8-11-23)17-7-5-6-16(19-17)18(24)20(3)4/h5-7,14-15,23H,8-13H2,1-4H3. The van der Waals surface area contributed by atoms with Gasteiger partial charge in [-0.15, -0.1) is 0 Å². The largest absolute Gasteiger partial charge is 0.396 e. The van der Waals surface area contributed by atoms with Gasteiger partial charge in [-0.05, 0) is 24.5 Å². The Morgan fingerprint density at radius 3 is 2.75 bits per heavy atom. The van der Waals surface area contributed by atoms with E-state index in [0.29, 0.717) is 17.7 Å². The molecule has 1 aliphatic heterocycles. The highest BCUT2D eigenvalue weighted by Gasteiger charge is 2.28. The van der Waals surface area contributed by atoms with Gasteiger partial charge in [0.15, 0.2) is 0 Å². The number of nitrogens with zero attached hydrogens (tertiary/aromatic N) is 4. The van der Waals surface area contributed by atoms with Crippen LogP contribution in [0.4, 0.5) is 5.82 Å². The van der Waals surface area contributed by atoms with Gasteiger partial charge >= 0.3 is 0 Å². The SMILES string of the molecule is CC(C)CN1CCN(c2cccc(C(=O)N(C)C)n2)CC1CCO. The Hall–Kier alpha value is -1.66. The summed E-state index contributed by atoms with van der Waals surface area (Å²) in [4.78, 5) is 22.9. The van der Waals surface area contributed by atoms with Gasteiger partial charge in [0.25, 0.3) is 5.91 Å². The molecule has 1 N–H and O–H groups in total. The van der Waals surface area contributed by atoms with Crippen LogP contribution in [-0.4, -0.2) is 78.7 Å². The third-order valence-electron chi connectivity index (χ3n) is 4.35. The smallest absolute Gasteiger partial charge is 0.272 e. The average molecular weight is 334 g/mol. The molecule has 0 spiro atoms. The molecule has 6 heteroatoms. The number of hydrogen-bond donors (Lipinski definition) is 1. The molecule has 0 aromatic carbocycles. The number of pyridine rings is 1. The molecule has 1 saturated heterocycles. The minimum atomic E-state index is -0.0813. The first-order valence-electron chi connectivity index (χ1n) is 8.71. The van der Waals surface area contributed by atoms with Crippen LogP contribution in [0, 0.1) is 5.92 Å². The molecular weight excluding hydrogens is 304 g/mol. The second-order valence-electron chi connectivity index (χ2n) is 7.08. The van der Waals surface area contributed by atoms with Gasteiger partial charge < -0.3 is 14.9 Å². The maximum Gasteiger partial charge on any atom is 0.272 e. The van der Waals surface area contributed by atoms with Crippen molar-refractivity contribution in [2.45, 2.75) is 26.3 Å². The van der Waals surface area contributed by atoms with Crippen molar-refractivity contribution in [1.29, 1.82) is 0 Å². The van der Waals surface area contributed by atoms with Crippen LogP contribution < -0.4 is 4.90 Å². The fourth-order valence-corrected chi connectivity index (χ4v) is 3.18. The molecule has 1 fully saturated rings. The number of piperazine rings is 1. The van der Waals surface area contributed by atoms with Gasteiger partial charge in [0.1, 0.15) is 11.5 Å². The molecule has 1 aromatic heterocycles. The first-order valence-corrected chi connectivity index (χ1v) is 8.71. The van der Waals surface area contributed by atoms with Crippen molar-refractivity contribution in [2.75, 3.05) is 51.8 Å². The van der Waals surface area contributed by atoms with E-state index in [2.05, 4.69) is 28.6 Å². The first-order chi connectivity index (χ1) is 11.4. The van der Waals surface area contributed by atoms with Crippen molar-refractivity contribution >= 4 is 11.7 Å². The van der Waals surface area contributed by atoms with Crippen LogP contribution in [0.2, 0.25) is 0 Å². The molecule has 0 bridgehead atoms. The average Bonchev–Trinajstić information content (AvgIpc) is 2.55. The van der Waals surface area contributed by atoms with Crippen LogP contribution >= 0.6 is 0 Å². The predicted octanol–water partition coefficient (Wildman–Crippen LogP) is 1.31. The van der Waals surface area contributed by atoms with Crippen LogP contribution in [0.3, 0.4) is 0 Å². The van der Waals surface area contributed by atoms with Gasteiger partial charge in [-0.3, -0.25) is 9.69 Å². The number of anilines is 1. The number of aliphatic hydroxyl groups is 1. The highest BCUT2D eigenvalue weighted by molar-refractivity contribution is 5.92. The molecule has 134 valence electrons. The summed E-state index contributed by atoms with van der Waals surface area (Å²) in [5.41, 5.74) is 0.473. The van der Waals surface area contributed by atoms with Crippen molar-refractivity contribution in [3.63, 3.8) is 0 Å². The Morgan fingerprint density at radius 2 is 2.12 bits per heavy atom. The summed E-state index contributed by atoms with van der Waals surface area (Å²) in [5.74, 6) is 1.37. The molecule has 1 aliphatic rings. The van der Waals surface area contributed by atoms with Crippen LogP contribution in [0.25, 0.3) is 0 Å². The first kappa shape index (κ1) is 18.7. The highest BCUT2D eigenvalue weighted by Crippen LogP contribution is 2.20. The van der Waals surface area contributed by atoms with E-state index in [4.69, 9.17) is 0 Å². The molecule has 1 unspecified atom stereocenters. The fraction of sp³-hybridized carbons (Fsp3) is 0.667. The normalized spacial score (nSPS) is 18.9. The number of aromatic nitrogens is 1. The van der Waals surface area contributed by atoms with Crippen LogP contribution in [0.5, 0.6) is 0 Å². The summed E-state index contributed by atoms with van der Waals surface area (Å²) in [6, 6.07) is 5.92. The molecule has 24 heavy (non-hydrogen) atoms. The van der Waals surface area contributed by atoms with Crippen molar-refractivity contribution < 1.29 is 9.90 Å². The summed E-state index contributed by atoms with van der Waals surface area (Å²) in [7, 11) is 3.47. The maximum atomic E-state index is 12.1. The second-order valence-corrected chi connectivity index (χ2v) is 7.08. The number of amides is 1. The molecule has 1 amide bonds. The van der Waals surface area contributed by atoms with E-state index in [-0.39, 0.29) is 12.5 Å². The maximum absolute atomic E-state index is 12.1. The van der Waals surface area contributed by atoms with Crippen molar-refractivity contribution in [1.82, 2.24) is 14.8 Å². The number of carbonyl (C=O) groups excluding carboxylic acids is 1. The Kier molecular flexibility index (Phi) is 6.57. The molecule has 2 rings (SSSR count). The monoisotopic (exact) mass is 334 g/mol. The Labute approximate surface area is 145 Å². The van der Waals surface area contributed by atoms with Gasteiger partial charge in [-0.25, -0.2) is 4.98 Å². The molecule has 1 aromatic rings. The Morgan fingerprint density at radius 1 is 1.38 bits per heavy atom. The third-order valence-corrected chi connectivity index (χ3v) is 4.35. The van der Waals surface area contributed by atoms with Crippen molar-refractivity contribution in [2.24, 2.45) is 5.92 Å².